The highest BCUT2D eigenvalue weighted by molar-refractivity contribution is 7.89. The lowest BCUT2D eigenvalue weighted by Gasteiger charge is -2.20. The van der Waals surface area contributed by atoms with Gasteiger partial charge in [-0.2, -0.15) is 13.2 Å². The summed E-state index contributed by atoms with van der Waals surface area (Å²) in [4.78, 5) is 11.9. The van der Waals surface area contributed by atoms with Crippen LogP contribution in [0.2, 0.25) is 0 Å². The molecule has 22 heavy (non-hydrogen) atoms. The number of hydrogen-bond donors (Lipinski definition) is 2. The minimum Gasteiger partial charge on any atom is -0.374 e. The number of sulfonamides is 1. The van der Waals surface area contributed by atoms with E-state index in [0.29, 0.717) is 6.07 Å². The van der Waals surface area contributed by atoms with Gasteiger partial charge in [-0.15, -0.1) is 0 Å². The van der Waals surface area contributed by atoms with E-state index >= 15 is 0 Å². The van der Waals surface area contributed by atoms with E-state index in [4.69, 9.17) is 5.14 Å². The number of rotatable bonds is 4. The lowest BCUT2D eigenvalue weighted by atomic mass is 10.1. The van der Waals surface area contributed by atoms with Gasteiger partial charge in [0, 0.05) is 19.8 Å². The number of alkyl halides is 3. The monoisotopic (exact) mass is 339 g/mol. The Labute approximate surface area is 126 Å². The van der Waals surface area contributed by atoms with Gasteiger partial charge < -0.3 is 10.2 Å². The number of halogens is 3. The van der Waals surface area contributed by atoms with E-state index < -0.39 is 32.7 Å². The lowest BCUT2D eigenvalue weighted by Crippen LogP contribution is -2.36. The molecule has 6 nitrogen and oxygen atoms in total. The fraction of sp³-hybridized carbons (Fsp3) is 0.417. The predicted octanol–water partition coefficient (Wildman–Crippen LogP) is 1.24. The lowest BCUT2D eigenvalue weighted by molar-refractivity contribution is -0.139. The minimum atomic E-state index is -4.89. The molecule has 0 unspecified atom stereocenters. The van der Waals surface area contributed by atoms with Crippen LogP contribution < -0.4 is 10.5 Å². The van der Waals surface area contributed by atoms with Gasteiger partial charge in [0.2, 0.25) is 15.9 Å². The zero-order chi connectivity index (χ0) is 17.3. The van der Waals surface area contributed by atoms with Gasteiger partial charge >= 0.3 is 6.18 Å². The summed E-state index contributed by atoms with van der Waals surface area (Å²) in [6.07, 6.45) is -4.89. The van der Waals surface area contributed by atoms with Crippen LogP contribution in [0, 0.1) is 0 Å². The van der Waals surface area contributed by atoms with Crippen LogP contribution in [0.5, 0.6) is 0 Å². The van der Waals surface area contributed by atoms with Crippen LogP contribution in [0.4, 0.5) is 18.9 Å². The standard InChI is InChI=1S/C12H16F3N3O3S/c1-7(11(19)18(2)3)17-8-4-5-10(22(16,20)21)9(6-8)12(13,14)15/h4-7,17H,1-3H3,(H2,16,20,21)/t7-/m0/s1. The van der Waals surface area contributed by atoms with E-state index in [-0.39, 0.29) is 11.6 Å². The summed E-state index contributed by atoms with van der Waals surface area (Å²) in [5.41, 5.74) is -1.42. The van der Waals surface area contributed by atoms with Crippen LogP contribution in [0.25, 0.3) is 0 Å². The molecule has 0 aliphatic carbocycles. The Bertz CT molecular complexity index is 672. The zero-order valence-corrected chi connectivity index (χ0v) is 12.9. The molecule has 0 bridgehead atoms. The molecule has 0 aliphatic heterocycles. The second-order valence-electron chi connectivity index (χ2n) is 4.85. The highest BCUT2D eigenvalue weighted by atomic mass is 32.2. The van der Waals surface area contributed by atoms with Crippen molar-refractivity contribution in [2.24, 2.45) is 5.14 Å². The molecule has 10 heteroatoms. The van der Waals surface area contributed by atoms with Crippen LogP contribution in [0.3, 0.4) is 0 Å². The number of anilines is 1. The summed E-state index contributed by atoms with van der Waals surface area (Å²) < 4.78 is 61.3. The largest absolute Gasteiger partial charge is 0.417 e. The molecular formula is C12H16F3N3O3S. The molecule has 3 N–H and O–H groups in total. The average Bonchev–Trinajstić information content (AvgIpc) is 2.35. The van der Waals surface area contributed by atoms with Crippen molar-refractivity contribution in [3.8, 4) is 0 Å². The molecule has 0 saturated carbocycles. The van der Waals surface area contributed by atoms with E-state index in [2.05, 4.69) is 5.32 Å². The first-order valence-corrected chi connectivity index (χ1v) is 7.60. The van der Waals surface area contributed by atoms with E-state index in [0.717, 1.165) is 12.1 Å². The number of primary sulfonamides is 1. The molecule has 0 spiro atoms. The third-order valence-corrected chi connectivity index (χ3v) is 3.75. The first-order chi connectivity index (χ1) is 9.84. The zero-order valence-electron chi connectivity index (χ0n) is 12.1. The van der Waals surface area contributed by atoms with Crippen LogP contribution in [0.1, 0.15) is 12.5 Å². The van der Waals surface area contributed by atoms with Crippen molar-refractivity contribution in [2.45, 2.75) is 24.0 Å². The first kappa shape index (κ1) is 18.2. The summed E-state index contributed by atoms with van der Waals surface area (Å²) in [6.45, 7) is 1.48. The third-order valence-electron chi connectivity index (χ3n) is 2.79. The highest BCUT2D eigenvalue weighted by Gasteiger charge is 2.36. The molecule has 1 aromatic carbocycles. The van der Waals surface area contributed by atoms with Gasteiger partial charge in [-0.05, 0) is 25.1 Å². The summed E-state index contributed by atoms with van der Waals surface area (Å²) in [5, 5.41) is 7.37. The number of likely N-dealkylation sites (N-methyl/N-ethyl adjacent to an activating group) is 1. The Morgan fingerprint density at radius 3 is 2.27 bits per heavy atom. The maximum absolute atomic E-state index is 13.0. The number of carbonyl (C=O) groups is 1. The van der Waals surface area contributed by atoms with Crippen LogP contribution in [0.15, 0.2) is 23.1 Å². The van der Waals surface area contributed by atoms with Crippen LogP contribution in [-0.2, 0) is 21.0 Å². The molecule has 1 rings (SSSR count). The van der Waals surface area contributed by atoms with Gasteiger partial charge in [0.15, 0.2) is 0 Å². The van der Waals surface area contributed by atoms with Crippen molar-refractivity contribution in [1.29, 1.82) is 0 Å². The van der Waals surface area contributed by atoms with E-state index in [9.17, 15) is 26.4 Å². The van der Waals surface area contributed by atoms with Crippen molar-refractivity contribution in [3.05, 3.63) is 23.8 Å². The Morgan fingerprint density at radius 1 is 1.32 bits per heavy atom. The Balaban J connectivity index is 3.24. The quantitative estimate of drug-likeness (QED) is 0.863. The molecular weight excluding hydrogens is 323 g/mol. The second kappa shape index (κ2) is 6.13. The Morgan fingerprint density at radius 2 is 1.86 bits per heavy atom. The highest BCUT2D eigenvalue weighted by Crippen LogP contribution is 2.35. The third kappa shape index (κ3) is 4.34. The van der Waals surface area contributed by atoms with E-state index in [1.165, 1.54) is 25.9 Å². The van der Waals surface area contributed by atoms with Gasteiger partial charge in [-0.25, -0.2) is 13.6 Å². The summed E-state index contributed by atoms with van der Waals surface area (Å²) in [5.74, 6) is -0.343. The Kier molecular flexibility index (Phi) is 5.08. The number of nitrogens with two attached hydrogens (primary N) is 1. The fourth-order valence-corrected chi connectivity index (χ4v) is 2.53. The smallest absolute Gasteiger partial charge is 0.374 e. The molecule has 0 aromatic heterocycles. The van der Waals surface area contributed by atoms with Gasteiger partial charge in [-0.3, -0.25) is 4.79 Å². The van der Waals surface area contributed by atoms with Gasteiger partial charge in [0.05, 0.1) is 10.5 Å². The molecule has 124 valence electrons. The van der Waals surface area contributed by atoms with Crippen LogP contribution in [-0.4, -0.2) is 39.4 Å². The molecule has 1 aromatic rings. The summed E-state index contributed by atoms with van der Waals surface area (Å²) in [6, 6.07) is 1.71. The van der Waals surface area contributed by atoms with Gasteiger partial charge in [-0.1, -0.05) is 0 Å². The topological polar surface area (TPSA) is 92.5 Å². The number of nitrogens with zero attached hydrogens (tertiary/aromatic N) is 1. The van der Waals surface area contributed by atoms with Crippen molar-refractivity contribution < 1.29 is 26.4 Å². The molecule has 0 saturated heterocycles. The summed E-state index contributed by atoms with van der Waals surface area (Å²) in [7, 11) is -1.50. The normalized spacial score (nSPS) is 13.6. The molecule has 1 amide bonds. The molecule has 0 radical (unpaired) electrons. The van der Waals surface area contributed by atoms with Crippen molar-refractivity contribution in [3.63, 3.8) is 0 Å². The van der Waals surface area contributed by atoms with E-state index in [1.807, 2.05) is 0 Å². The number of benzene rings is 1. The van der Waals surface area contributed by atoms with Crippen molar-refractivity contribution >= 4 is 21.6 Å². The maximum Gasteiger partial charge on any atom is 0.417 e. The first-order valence-electron chi connectivity index (χ1n) is 6.05. The number of nitrogens with one attached hydrogen (secondary N) is 1. The number of carbonyl (C=O) groups excluding carboxylic acids is 1. The van der Waals surface area contributed by atoms with Crippen LogP contribution >= 0.6 is 0 Å². The van der Waals surface area contributed by atoms with Gasteiger partial charge in [0.1, 0.15) is 6.04 Å². The average molecular weight is 339 g/mol. The van der Waals surface area contributed by atoms with Crippen molar-refractivity contribution in [1.82, 2.24) is 4.90 Å². The maximum atomic E-state index is 13.0. The molecule has 1 atom stereocenters. The number of amides is 1. The second-order valence-corrected chi connectivity index (χ2v) is 6.38. The summed E-state index contributed by atoms with van der Waals surface area (Å²) >= 11 is 0. The van der Waals surface area contributed by atoms with Gasteiger partial charge in [0.25, 0.3) is 0 Å². The molecule has 0 aliphatic rings. The predicted molar refractivity (Wildman–Crippen MR) is 74.6 cm³/mol. The molecule has 0 heterocycles. The number of hydrogen-bond acceptors (Lipinski definition) is 4. The SMILES string of the molecule is C[C@H](Nc1ccc(S(N)(=O)=O)c(C(F)(F)F)c1)C(=O)N(C)C. The minimum absolute atomic E-state index is 0.0394. The van der Waals surface area contributed by atoms with Crippen molar-refractivity contribution in [2.75, 3.05) is 19.4 Å². The Hall–Kier alpha value is -1.81. The fourth-order valence-electron chi connectivity index (χ4n) is 1.79. The van der Waals surface area contributed by atoms with E-state index in [1.54, 1.807) is 0 Å². The molecule has 0 fully saturated rings.